The lowest BCUT2D eigenvalue weighted by atomic mass is 10.2. The number of fused-ring (bicyclic) bond motifs is 1. The summed E-state index contributed by atoms with van der Waals surface area (Å²) < 4.78 is 18.7. The van der Waals surface area contributed by atoms with Crippen LogP contribution in [0.15, 0.2) is 48.8 Å². The first-order valence-electron chi connectivity index (χ1n) is 6.91. The number of hydrogen-bond acceptors (Lipinski definition) is 4. The number of ether oxygens (including phenoxy) is 1. The quantitative estimate of drug-likeness (QED) is 0.739. The zero-order chi connectivity index (χ0) is 15.5. The van der Waals surface area contributed by atoms with Gasteiger partial charge in [0, 0.05) is 19.0 Å². The molecule has 2 aromatic carbocycles. The van der Waals surface area contributed by atoms with Crippen LogP contribution in [0.5, 0.6) is 5.75 Å². The Hall–Kier alpha value is -2.69. The van der Waals surface area contributed by atoms with Gasteiger partial charge in [-0.05, 0) is 35.9 Å². The summed E-state index contributed by atoms with van der Waals surface area (Å²) in [5.74, 6) is 1.24. The van der Waals surface area contributed by atoms with E-state index >= 15 is 0 Å². The van der Waals surface area contributed by atoms with E-state index in [1.54, 1.807) is 13.2 Å². The van der Waals surface area contributed by atoms with Crippen LogP contribution in [-0.2, 0) is 6.54 Å². The minimum Gasteiger partial charge on any atom is -0.497 e. The minimum absolute atomic E-state index is 0.290. The van der Waals surface area contributed by atoms with Crippen LogP contribution < -0.4 is 9.64 Å². The van der Waals surface area contributed by atoms with E-state index in [4.69, 9.17) is 4.74 Å². The molecule has 3 aromatic rings. The van der Waals surface area contributed by atoms with Gasteiger partial charge < -0.3 is 9.64 Å². The van der Waals surface area contributed by atoms with Gasteiger partial charge in [0.1, 0.15) is 23.7 Å². The fourth-order valence-electron chi connectivity index (χ4n) is 2.40. The number of benzene rings is 2. The molecule has 0 aliphatic rings. The molecular weight excluding hydrogens is 281 g/mol. The Morgan fingerprint density at radius 2 is 1.86 bits per heavy atom. The number of anilines is 1. The summed E-state index contributed by atoms with van der Waals surface area (Å²) in [6.45, 7) is 0.659. The van der Waals surface area contributed by atoms with Crippen molar-refractivity contribution in [2.75, 3.05) is 19.1 Å². The maximum atomic E-state index is 13.5. The lowest BCUT2D eigenvalue weighted by Crippen LogP contribution is -2.18. The van der Waals surface area contributed by atoms with E-state index in [9.17, 15) is 4.39 Å². The lowest BCUT2D eigenvalue weighted by molar-refractivity contribution is 0.414. The zero-order valence-corrected chi connectivity index (χ0v) is 12.5. The Morgan fingerprint density at radius 1 is 1.09 bits per heavy atom. The number of methoxy groups -OCH3 is 1. The molecule has 3 rings (SSSR count). The molecule has 0 radical (unpaired) electrons. The number of aromatic nitrogens is 2. The number of nitrogens with zero attached hydrogens (tertiary/aromatic N) is 3. The van der Waals surface area contributed by atoms with Crippen LogP contribution >= 0.6 is 0 Å². The van der Waals surface area contributed by atoms with Gasteiger partial charge >= 0.3 is 0 Å². The van der Waals surface area contributed by atoms with E-state index in [0.29, 0.717) is 17.7 Å². The summed E-state index contributed by atoms with van der Waals surface area (Å²) in [4.78, 5) is 10.5. The van der Waals surface area contributed by atoms with Gasteiger partial charge in [-0.15, -0.1) is 0 Å². The van der Waals surface area contributed by atoms with Crippen molar-refractivity contribution in [2.45, 2.75) is 6.54 Å². The van der Waals surface area contributed by atoms with Crippen molar-refractivity contribution in [2.24, 2.45) is 0 Å². The molecule has 1 heterocycles. The van der Waals surface area contributed by atoms with Gasteiger partial charge in [-0.1, -0.05) is 12.1 Å². The molecular formula is C17H16FN3O. The SMILES string of the molecule is COc1ccc(CN(C)c2ncnc3ccc(F)cc23)cc1. The van der Waals surface area contributed by atoms with Crippen molar-refractivity contribution in [3.8, 4) is 5.75 Å². The average Bonchev–Trinajstić information content (AvgIpc) is 2.55. The summed E-state index contributed by atoms with van der Waals surface area (Å²) in [5.41, 5.74) is 1.85. The van der Waals surface area contributed by atoms with Crippen LogP contribution in [0, 0.1) is 5.82 Å². The summed E-state index contributed by atoms with van der Waals surface area (Å²) >= 11 is 0. The molecule has 0 spiro atoms. The van der Waals surface area contributed by atoms with Gasteiger partial charge in [0.05, 0.1) is 12.6 Å². The fraction of sp³-hybridized carbons (Fsp3) is 0.176. The van der Waals surface area contributed by atoms with E-state index in [1.807, 2.05) is 36.2 Å². The molecule has 22 heavy (non-hydrogen) atoms. The number of hydrogen-bond donors (Lipinski definition) is 0. The molecule has 0 N–H and O–H groups in total. The Bertz CT molecular complexity index is 790. The first kappa shape index (κ1) is 14.3. The predicted molar refractivity (Wildman–Crippen MR) is 84.6 cm³/mol. The number of rotatable bonds is 4. The van der Waals surface area contributed by atoms with Crippen LogP contribution in [0.4, 0.5) is 10.2 Å². The van der Waals surface area contributed by atoms with Crippen LogP contribution in [0.1, 0.15) is 5.56 Å². The maximum Gasteiger partial charge on any atom is 0.140 e. The summed E-state index contributed by atoms with van der Waals surface area (Å²) in [5, 5.41) is 0.707. The predicted octanol–water partition coefficient (Wildman–Crippen LogP) is 3.41. The fourth-order valence-corrected chi connectivity index (χ4v) is 2.40. The van der Waals surface area contributed by atoms with Crippen LogP contribution in [0.2, 0.25) is 0 Å². The summed E-state index contributed by atoms with van der Waals surface area (Å²) in [6.07, 6.45) is 1.50. The summed E-state index contributed by atoms with van der Waals surface area (Å²) in [6, 6.07) is 12.4. The molecule has 1 aromatic heterocycles. The Kier molecular flexibility index (Phi) is 3.87. The highest BCUT2D eigenvalue weighted by Gasteiger charge is 2.10. The van der Waals surface area contributed by atoms with Gasteiger partial charge in [0.2, 0.25) is 0 Å². The molecule has 5 heteroatoms. The first-order chi connectivity index (χ1) is 10.7. The molecule has 0 amide bonds. The normalized spacial score (nSPS) is 10.7. The van der Waals surface area contributed by atoms with Crippen molar-refractivity contribution in [3.05, 3.63) is 60.2 Å². The van der Waals surface area contributed by atoms with E-state index in [0.717, 1.165) is 16.8 Å². The van der Waals surface area contributed by atoms with Crippen molar-refractivity contribution in [1.82, 2.24) is 9.97 Å². The topological polar surface area (TPSA) is 38.2 Å². The first-order valence-corrected chi connectivity index (χ1v) is 6.91. The average molecular weight is 297 g/mol. The Morgan fingerprint density at radius 3 is 2.59 bits per heavy atom. The van der Waals surface area contributed by atoms with Gasteiger partial charge in [-0.25, -0.2) is 14.4 Å². The standard InChI is InChI=1S/C17H16FN3O/c1-21(10-12-3-6-14(22-2)7-4-12)17-15-9-13(18)5-8-16(15)19-11-20-17/h3-9,11H,10H2,1-2H3. The highest BCUT2D eigenvalue weighted by Crippen LogP contribution is 2.24. The smallest absolute Gasteiger partial charge is 0.140 e. The minimum atomic E-state index is -0.290. The van der Waals surface area contributed by atoms with Crippen molar-refractivity contribution >= 4 is 16.7 Å². The zero-order valence-electron chi connectivity index (χ0n) is 12.5. The molecule has 0 aliphatic carbocycles. The molecule has 0 saturated carbocycles. The van der Waals surface area contributed by atoms with Crippen LogP contribution in [-0.4, -0.2) is 24.1 Å². The van der Waals surface area contributed by atoms with Crippen LogP contribution in [0.25, 0.3) is 10.9 Å². The molecule has 0 fully saturated rings. The van der Waals surface area contributed by atoms with Gasteiger partial charge in [-0.2, -0.15) is 0 Å². The molecule has 0 aliphatic heterocycles. The molecule has 0 bridgehead atoms. The third kappa shape index (κ3) is 2.83. The van der Waals surface area contributed by atoms with E-state index in [-0.39, 0.29) is 5.82 Å². The second-order valence-corrected chi connectivity index (χ2v) is 5.06. The second kappa shape index (κ2) is 5.97. The van der Waals surface area contributed by atoms with Gasteiger partial charge in [-0.3, -0.25) is 0 Å². The third-order valence-corrected chi connectivity index (χ3v) is 3.52. The van der Waals surface area contributed by atoms with Crippen molar-refractivity contribution in [1.29, 1.82) is 0 Å². The highest BCUT2D eigenvalue weighted by molar-refractivity contribution is 5.89. The van der Waals surface area contributed by atoms with E-state index in [1.165, 1.54) is 18.5 Å². The monoisotopic (exact) mass is 297 g/mol. The van der Waals surface area contributed by atoms with Crippen molar-refractivity contribution in [3.63, 3.8) is 0 Å². The lowest BCUT2D eigenvalue weighted by Gasteiger charge is -2.19. The molecule has 0 saturated heterocycles. The summed E-state index contributed by atoms with van der Waals surface area (Å²) in [7, 11) is 3.57. The van der Waals surface area contributed by atoms with Crippen molar-refractivity contribution < 1.29 is 9.13 Å². The van der Waals surface area contributed by atoms with Crippen LogP contribution in [0.3, 0.4) is 0 Å². The Labute approximate surface area is 128 Å². The van der Waals surface area contributed by atoms with E-state index < -0.39 is 0 Å². The maximum absolute atomic E-state index is 13.5. The molecule has 0 atom stereocenters. The van der Waals surface area contributed by atoms with Gasteiger partial charge in [0.25, 0.3) is 0 Å². The van der Waals surface area contributed by atoms with E-state index in [2.05, 4.69) is 9.97 Å². The second-order valence-electron chi connectivity index (χ2n) is 5.06. The highest BCUT2D eigenvalue weighted by atomic mass is 19.1. The Balaban J connectivity index is 1.91. The third-order valence-electron chi connectivity index (χ3n) is 3.52. The number of halogens is 1. The van der Waals surface area contributed by atoms with Gasteiger partial charge in [0.15, 0.2) is 0 Å². The molecule has 0 unspecified atom stereocenters. The molecule has 4 nitrogen and oxygen atoms in total. The largest absolute Gasteiger partial charge is 0.497 e. The molecule has 112 valence electrons.